The van der Waals surface area contributed by atoms with Crippen LogP contribution in [0.15, 0.2) is 91.5 Å². The van der Waals surface area contributed by atoms with E-state index < -0.39 is 5.82 Å². The number of benzene rings is 2. The first-order chi connectivity index (χ1) is 27.7. The van der Waals surface area contributed by atoms with Gasteiger partial charge in [-0.25, -0.2) is 14.4 Å². The number of aryl methyl sites for hydroxylation is 2. The summed E-state index contributed by atoms with van der Waals surface area (Å²) in [6.45, 7) is 9.36. The maximum atomic E-state index is 13.6. The van der Waals surface area contributed by atoms with E-state index in [1.807, 2.05) is 60.6 Å². The van der Waals surface area contributed by atoms with E-state index in [0.717, 1.165) is 61.7 Å². The van der Waals surface area contributed by atoms with Crippen LogP contribution in [0.1, 0.15) is 93.1 Å². The minimum atomic E-state index is -0.404. The van der Waals surface area contributed by atoms with E-state index in [0.29, 0.717) is 41.4 Å². The second-order valence-electron chi connectivity index (χ2n) is 15.3. The SMILES string of the molecule is Cc1cccnc1[C@H]1CCC[C@@H](c2ncccc2C)N1CCCCNC1CN(C(=O)c2cc3c(-c4cccc(NC(=O)c5ccc(F)cc5)c4C)ncnc3[nH]2)C1. The highest BCUT2D eigenvalue weighted by atomic mass is 19.1. The van der Waals surface area contributed by atoms with Gasteiger partial charge in [-0.3, -0.25) is 24.5 Å². The maximum absolute atomic E-state index is 13.6. The number of anilines is 1. The highest BCUT2D eigenvalue weighted by Crippen LogP contribution is 2.42. The fourth-order valence-corrected chi connectivity index (χ4v) is 8.41. The van der Waals surface area contributed by atoms with Gasteiger partial charge in [-0.2, -0.15) is 0 Å². The molecule has 3 N–H and O–H groups in total. The van der Waals surface area contributed by atoms with E-state index >= 15 is 0 Å². The van der Waals surface area contributed by atoms with Crippen molar-refractivity contribution in [3.05, 3.63) is 137 Å². The topological polar surface area (TPSA) is 132 Å². The van der Waals surface area contributed by atoms with Gasteiger partial charge in [0.15, 0.2) is 0 Å². The second kappa shape index (κ2) is 16.7. The average molecular weight is 766 g/mol. The van der Waals surface area contributed by atoms with Crippen LogP contribution in [0.2, 0.25) is 0 Å². The lowest BCUT2D eigenvalue weighted by atomic mass is 9.88. The molecule has 0 aliphatic carbocycles. The van der Waals surface area contributed by atoms with Crippen molar-refractivity contribution in [2.45, 2.75) is 71.0 Å². The van der Waals surface area contributed by atoms with Crippen LogP contribution in [0.3, 0.4) is 0 Å². The summed E-state index contributed by atoms with van der Waals surface area (Å²) in [6, 6.07) is 22.0. The van der Waals surface area contributed by atoms with Gasteiger partial charge in [-0.1, -0.05) is 24.3 Å². The molecular formula is C45H48FN9O2. The minimum Gasteiger partial charge on any atom is -0.335 e. The Morgan fingerprint density at radius 3 is 2.23 bits per heavy atom. The molecule has 0 bridgehead atoms. The number of rotatable bonds is 12. The van der Waals surface area contributed by atoms with E-state index in [1.165, 1.54) is 53.1 Å². The molecule has 0 radical (unpaired) electrons. The fourth-order valence-electron chi connectivity index (χ4n) is 8.41. The van der Waals surface area contributed by atoms with Crippen LogP contribution < -0.4 is 10.6 Å². The molecule has 292 valence electrons. The van der Waals surface area contributed by atoms with Gasteiger partial charge in [0.2, 0.25) is 0 Å². The Kier molecular flexibility index (Phi) is 11.2. The normalized spacial score (nSPS) is 17.4. The number of nitrogens with one attached hydrogen (secondary N) is 3. The summed E-state index contributed by atoms with van der Waals surface area (Å²) < 4.78 is 13.4. The molecule has 0 unspecified atom stereocenters. The Bertz CT molecular complexity index is 2340. The Morgan fingerprint density at radius 2 is 1.54 bits per heavy atom. The first kappa shape index (κ1) is 38.0. The van der Waals surface area contributed by atoms with E-state index in [9.17, 15) is 14.0 Å². The van der Waals surface area contributed by atoms with Crippen molar-refractivity contribution in [1.82, 2.24) is 40.0 Å². The van der Waals surface area contributed by atoms with E-state index in [2.05, 4.69) is 56.5 Å². The van der Waals surface area contributed by atoms with Crippen LogP contribution in [0, 0.1) is 26.6 Å². The third-order valence-corrected chi connectivity index (χ3v) is 11.5. The van der Waals surface area contributed by atoms with E-state index in [-0.39, 0.29) is 29.9 Å². The molecule has 2 saturated heterocycles. The zero-order chi connectivity index (χ0) is 39.5. The molecule has 2 aliphatic rings. The zero-order valence-electron chi connectivity index (χ0n) is 32.6. The third kappa shape index (κ3) is 8.05. The molecule has 57 heavy (non-hydrogen) atoms. The molecule has 12 heteroatoms. The molecule has 0 saturated carbocycles. The molecule has 2 atom stereocenters. The average Bonchev–Trinajstić information content (AvgIpc) is 3.65. The first-order valence-electron chi connectivity index (χ1n) is 19.9. The number of hydrogen-bond donors (Lipinski definition) is 3. The number of fused-ring (bicyclic) bond motifs is 1. The Labute approximate surface area is 332 Å². The van der Waals surface area contributed by atoms with Gasteiger partial charge in [0, 0.05) is 53.7 Å². The largest absolute Gasteiger partial charge is 0.335 e. The number of nitrogens with zero attached hydrogens (tertiary/aromatic N) is 6. The van der Waals surface area contributed by atoms with E-state index in [1.54, 1.807) is 0 Å². The molecule has 2 aromatic carbocycles. The van der Waals surface area contributed by atoms with E-state index in [4.69, 9.17) is 9.97 Å². The highest BCUT2D eigenvalue weighted by Gasteiger charge is 2.35. The van der Waals surface area contributed by atoms with Crippen molar-refractivity contribution >= 4 is 28.5 Å². The highest BCUT2D eigenvalue weighted by molar-refractivity contribution is 6.06. The summed E-state index contributed by atoms with van der Waals surface area (Å²) in [5.41, 5.74) is 9.09. The molecule has 2 amide bonds. The number of carbonyl (C=O) groups is 2. The van der Waals surface area contributed by atoms with Crippen LogP contribution >= 0.6 is 0 Å². The molecule has 2 fully saturated rings. The predicted molar refractivity (Wildman–Crippen MR) is 219 cm³/mol. The van der Waals surface area contributed by atoms with Gasteiger partial charge in [0.25, 0.3) is 11.8 Å². The van der Waals surface area contributed by atoms with Crippen molar-refractivity contribution in [3.63, 3.8) is 0 Å². The van der Waals surface area contributed by atoms with Crippen molar-refractivity contribution in [2.75, 3.05) is 31.5 Å². The van der Waals surface area contributed by atoms with Crippen LogP contribution in [0.25, 0.3) is 22.3 Å². The summed E-state index contributed by atoms with van der Waals surface area (Å²) in [4.78, 5) is 52.9. The summed E-state index contributed by atoms with van der Waals surface area (Å²) in [5.74, 6) is -0.823. The lowest BCUT2D eigenvalue weighted by molar-refractivity contribution is 0.0559. The number of unbranched alkanes of at least 4 members (excludes halogenated alkanes) is 1. The summed E-state index contributed by atoms with van der Waals surface area (Å²) >= 11 is 0. The lowest BCUT2D eigenvalue weighted by Gasteiger charge is -2.42. The maximum Gasteiger partial charge on any atom is 0.270 e. The van der Waals surface area contributed by atoms with Gasteiger partial charge >= 0.3 is 0 Å². The van der Waals surface area contributed by atoms with Gasteiger partial charge in [-0.05, 0) is 131 Å². The molecular weight excluding hydrogens is 718 g/mol. The third-order valence-electron chi connectivity index (χ3n) is 11.5. The van der Waals surface area contributed by atoms with Crippen molar-refractivity contribution in [1.29, 1.82) is 0 Å². The molecule has 6 heterocycles. The zero-order valence-corrected chi connectivity index (χ0v) is 32.6. The molecule has 11 nitrogen and oxygen atoms in total. The fraction of sp³-hybridized carbons (Fsp3) is 0.333. The minimum absolute atomic E-state index is 0.0779. The van der Waals surface area contributed by atoms with Crippen LogP contribution in [0.4, 0.5) is 10.1 Å². The van der Waals surface area contributed by atoms with Crippen molar-refractivity contribution < 1.29 is 14.0 Å². The molecule has 2 aliphatic heterocycles. The summed E-state index contributed by atoms with van der Waals surface area (Å²) in [7, 11) is 0. The molecule has 6 aromatic rings. The van der Waals surface area contributed by atoms with Crippen LogP contribution in [0.5, 0.6) is 0 Å². The van der Waals surface area contributed by atoms with Crippen LogP contribution in [-0.2, 0) is 0 Å². The number of aromatic nitrogens is 5. The lowest BCUT2D eigenvalue weighted by Crippen LogP contribution is -2.60. The van der Waals surface area contributed by atoms with Gasteiger partial charge in [0.05, 0.1) is 29.2 Å². The number of piperidine rings is 1. The number of H-pyrrole nitrogens is 1. The number of hydrogen-bond acceptors (Lipinski definition) is 8. The van der Waals surface area contributed by atoms with Crippen LogP contribution in [-0.4, -0.2) is 78.8 Å². The second-order valence-corrected chi connectivity index (χ2v) is 15.3. The van der Waals surface area contributed by atoms with Gasteiger partial charge in [0.1, 0.15) is 23.5 Å². The number of pyridine rings is 2. The first-order valence-corrected chi connectivity index (χ1v) is 19.9. The number of amides is 2. The van der Waals surface area contributed by atoms with Crippen molar-refractivity contribution in [2.24, 2.45) is 0 Å². The number of aromatic amines is 1. The van der Waals surface area contributed by atoms with Crippen molar-refractivity contribution in [3.8, 4) is 11.3 Å². The monoisotopic (exact) mass is 765 g/mol. The standard InChI is InChI=1S/C45H48FN9O2/c1-28-10-8-21-48-40(28)38-14-7-15-39(41-29(2)11-9-22-49-41)55(38)23-5-4-20-47-33-25-54(26-33)45(57)37-24-35-42(50-27-51-43(35)52-37)34-12-6-13-36(30(34)3)53-44(56)31-16-18-32(46)19-17-31/h6,8-13,16-19,21-22,24,27,33,38-39,47H,4-5,7,14-15,20,23,25-26H2,1-3H3,(H,53,56)(H,50,51,52)/t38-,39+. The Balaban J connectivity index is 0.867. The smallest absolute Gasteiger partial charge is 0.270 e. The Morgan fingerprint density at radius 1 is 0.842 bits per heavy atom. The molecule has 0 spiro atoms. The number of likely N-dealkylation sites (tertiary alicyclic amines) is 2. The summed E-state index contributed by atoms with van der Waals surface area (Å²) in [6.07, 6.45) is 10.7. The van der Waals surface area contributed by atoms with Gasteiger partial charge in [-0.15, -0.1) is 0 Å². The molecule has 8 rings (SSSR count). The predicted octanol–water partition coefficient (Wildman–Crippen LogP) is 7.89. The quantitative estimate of drug-likeness (QED) is 0.107. The number of carbonyl (C=O) groups excluding carboxylic acids is 2. The van der Waals surface area contributed by atoms with Gasteiger partial charge < -0.3 is 20.5 Å². The molecule has 4 aromatic heterocycles. The summed E-state index contributed by atoms with van der Waals surface area (Å²) in [5, 5.41) is 7.33. The number of halogens is 1. The Hall–Kier alpha value is -5.85.